The molecular weight excluding hydrogens is 320 g/mol. The number of hydrogen-bond acceptors (Lipinski definition) is 2. The van der Waals surface area contributed by atoms with E-state index in [1.807, 2.05) is 19.1 Å². The van der Waals surface area contributed by atoms with Gasteiger partial charge in [-0.05, 0) is 42.8 Å². The van der Waals surface area contributed by atoms with E-state index in [1.54, 1.807) is 30.3 Å². The lowest BCUT2D eigenvalue weighted by Gasteiger charge is -2.09. The molecule has 0 aliphatic rings. The fourth-order valence-corrected chi connectivity index (χ4v) is 2.15. The molecule has 0 aliphatic carbocycles. The zero-order chi connectivity index (χ0) is 14.7. The summed E-state index contributed by atoms with van der Waals surface area (Å²) in [6.45, 7) is 1.86. The highest BCUT2D eigenvalue weighted by atomic mass is 79.9. The number of aryl methyl sites for hydroxylation is 1. The smallest absolute Gasteiger partial charge is 0.255 e. The fraction of sp³-hybridized carbons (Fsp3) is 0.0667. The Morgan fingerprint density at radius 2 is 1.90 bits per heavy atom. The van der Waals surface area contributed by atoms with E-state index in [0.717, 1.165) is 10.0 Å². The van der Waals surface area contributed by atoms with Gasteiger partial charge in [0.15, 0.2) is 0 Å². The molecule has 0 saturated heterocycles. The fourth-order valence-electron chi connectivity index (χ4n) is 1.79. The summed E-state index contributed by atoms with van der Waals surface area (Å²) >= 11 is 3.34. The van der Waals surface area contributed by atoms with Crippen LogP contribution in [0.2, 0.25) is 0 Å². The first-order chi connectivity index (χ1) is 9.47. The summed E-state index contributed by atoms with van der Waals surface area (Å²) in [6.07, 6.45) is 0. The summed E-state index contributed by atoms with van der Waals surface area (Å²) in [5.41, 5.74) is 7.54. The second-order valence-electron chi connectivity index (χ2n) is 4.36. The van der Waals surface area contributed by atoms with E-state index in [4.69, 9.17) is 5.73 Å². The van der Waals surface area contributed by atoms with Gasteiger partial charge in [0, 0.05) is 21.3 Å². The SMILES string of the molecule is Cc1ccc(Br)cc1C(=O)Nc1cccc(C(N)=O)c1. The third-order valence-electron chi connectivity index (χ3n) is 2.85. The van der Waals surface area contributed by atoms with Crippen molar-refractivity contribution in [1.82, 2.24) is 0 Å². The van der Waals surface area contributed by atoms with Gasteiger partial charge < -0.3 is 11.1 Å². The minimum Gasteiger partial charge on any atom is -0.366 e. The molecule has 2 amide bonds. The van der Waals surface area contributed by atoms with Crippen LogP contribution in [-0.4, -0.2) is 11.8 Å². The second-order valence-corrected chi connectivity index (χ2v) is 5.27. The number of halogens is 1. The van der Waals surface area contributed by atoms with Gasteiger partial charge >= 0.3 is 0 Å². The Labute approximate surface area is 125 Å². The molecule has 2 aromatic rings. The van der Waals surface area contributed by atoms with Crippen molar-refractivity contribution in [1.29, 1.82) is 0 Å². The topological polar surface area (TPSA) is 72.2 Å². The highest BCUT2D eigenvalue weighted by molar-refractivity contribution is 9.10. The first kappa shape index (κ1) is 14.3. The first-order valence-corrected chi connectivity index (χ1v) is 6.74. The molecule has 0 unspecified atom stereocenters. The molecule has 4 nitrogen and oxygen atoms in total. The van der Waals surface area contributed by atoms with Crippen molar-refractivity contribution in [2.45, 2.75) is 6.92 Å². The van der Waals surface area contributed by atoms with Crippen molar-refractivity contribution in [2.75, 3.05) is 5.32 Å². The van der Waals surface area contributed by atoms with E-state index in [2.05, 4.69) is 21.2 Å². The predicted octanol–water partition coefficient (Wildman–Crippen LogP) is 3.11. The number of nitrogens with one attached hydrogen (secondary N) is 1. The van der Waals surface area contributed by atoms with Crippen molar-refractivity contribution >= 4 is 33.4 Å². The molecule has 2 aromatic carbocycles. The number of carbonyl (C=O) groups excluding carboxylic acids is 2. The number of amides is 2. The molecule has 20 heavy (non-hydrogen) atoms. The van der Waals surface area contributed by atoms with Crippen LogP contribution in [0, 0.1) is 6.92 Å². The highest BCUT2D eigenvalue weighted by Gasteiger charge is 2.10. The number of hydrogen-bond donors (Lipinski definition) is 2. The molecule has 0 saturated carbocycles. The minimum atomic E-state index is -0.528. The van der Waals surface area contributed by atoms with E-state index >= 15 is 0 Å². The van der Waals surface area contributed by atoms with Crippen LogP contribution >= 0.6 is 15.9 Å². The van der Waals surface area contributed by atoms with Crippen LogP contribution in [0.4, 0.5) is 5.69 Å². The molecule has 0 aliphatic heterocycles. The van der Waals surface area contributed by atoms with Gasteiger partial charge in [0.05, 0.1) is 0 Å². The maximum absolute atomic E-state index is 12.2. The lowest BCUT2D eigenvalue weighted by Crippen LogP contribution is -2.15. The summed E-state index contributed by atoms with van der Waals surface area (Å²) in [6, 6.07) is 12.0. The van der Waals surface area contributed by atoms with Gasteiger partial charge in [-0.15, -0.1) is 0 Å². The van der Waals surface area contributed by atoms with E-state index in [0.29, 0.717) is 16.8 Å². The number of benzene rings is 2. The minimum absolute atomic E-state index is 0.231. The van der Waals surface area contributed by atoms with Gasteiger partial charge in [0.2, 0.25) is 5.91 Å². The summed E-state index contributed by atoms with van der Waals surface area (Å²) in [4.78, 5) is 23.3. The van der Waals surface area contributed by atoms with Crippen LogP contribution in [0.15, 0.2) is 46.9 Å². The largest absolute Gasteiger partial charge is 0.366 e. The Bertz CT molecular complexity index is 683. The van der Waals surface area contributed by atoms with Crippen molar-refractivity contribution < 1.29 is 9.59 Å². The number of primary amides is 1. The Kier molecular flexibility index (Phi) is 4.20. The molecule has 0 aromatic heterocycles. The average Bonchev–Trinajstić information content (AvgIpc) is 2.41. The Morgan fingerprint density at radius 1 is 1.15 bits per heavy atom. The van der Waals surface area contributed by atoms with Crippen LogP contribution in [0.5, 0.6) is 0 Å². The number of nitrogens with two attached hydrogens (primary N) is 1. The predicted molar refractivity (Wildman–Crippen MR) is 81.8 cm³/mol. The molecule has 0 radical (unpaired) electrons. The Morgan fingerprint density at radius 3 is 2.60 bits per heavy atom. The molecule has 102 valence electrons. The summed E-state index contributed by atoms with van der Waals surface area (Å²) in [5, 5.41) is 2.75. The second kappa shape index (κ2) is 5.88. The van der Waals surface area contributed by atoms with E-state index < -0.39 is 5.91 Å². The van der Waals surface area contributed by atoms with Crippen LogP contribution in [-0.2, 0) is 0 Å². The van der Waals surface area contributed by atoms with E-state index in [9.17, 15) is 9.59 Å². The monoisotopic (exact) mass is 332 g/mol. The third kappa shape index (κ3) is 3.24. The number of anilines is 1. The highest BCUT2D eigenvalue weighted by Crippen LogP contribution is 2.18. The zero-order valence-electron chi connectivity index (χ0n) is 10.8. The lowest BCUT2D eigenvalue weighted by atomic mass is 10.1. The number of carbonyl (C=O) groups is 2. The summed E-state index contributed by atoms with van der Waals surface area (Å²) < 4.78 is 0.833. The third-order valence-corrected chi connectivity index (χ3v) is 3.34. The Hall–Kier alpha value is -2.14. The van der Waals surface area contributed by atoms with Crippen molar-refractivity contribution in [3.63, 3.8) is 0 Å². The van der Waals surface area contributed by atoms with Gasteiger partial charge in [-0.25, -0.2) is 0 Å². The van der Waals surface area contributed by atoms with Crippen molar-refractivity contribution in [2.24, 2.45) is 5.73 Å². The normalized spacial score (nSPS) is 10.1. The van der Waals surface area contributed by atoms with Crippen molar-refractivity contribution in [3.05, 3.63) is 63.6 Å². The van der Waals surface area contributed by atoms with Crippen LogP contribution in [0.3, 0.4) is 0 Å². The molecule has 2 rings (SSSR count). The quantitative estimate of drug-likeness (QED) is 0.906. The molecule has 5 heteroatoms. The standard InChI is InChI=1S/C15H13BrN2O2/c1-9-5-6-11(16)8-13(9)15(20)18-12-4-2-3-10(7-12)14(17)19/h2-8H,1H3,(H2,17,19)(H,18,20). The molecule has 0 bridgehead atoms. The first-order valence-electron chi connectivity index (χ1n) is 5.95. The lowest BCUT2D eigenvalue weighted by molar-refractivity contribution is 0.0996. The van der Waals surface area contributed by atoms with Gasteiger partial charge in [0.25, 0.3) is 5.91 Å². The molecule has 3 N–H and O–H groups in total. The summed E-state index contributed by atoms with van der Waals surface area (Å²) in [7, 11) is 0. The molecule has 0 spiro atoms. The van der Waals surface area contributed by atoms with E-state index in [1.165, 1.54) is 0 Å². The maximum atomic E-state index is 12.2. The maximum Gasteiger partial charge on any atom is 0.255 e. The number of rotatable bonds is 3. The van der Waals surface area contributed by atoms with Gasteiger partial charge in [-0.1, -0.05) is 28.1 Å². The molecule has 0 fully saturated rings. The van der Waals surface area contributed by atoms with Crippen LogP contribution in [0.25, 0.3) is 0 Å². The van der Waals surface area contributed by atoms with Gasteiger partial charge in [0.1, 0.15) is 0 Å². The van der Waals surface area contributed by atoms with Crippen LogP contribution < -0.4 is 11.1 Å². The van der Waals surface area contributed by atoms with Crippen molar-refractivity contribution in [3.8, 4) is 0 Å². The average molecular weight is 333 g/mol. The zero-order valence-corrected chi connectivity index (χ0v) is 12.4. The van der Waals surface area contributed by atoms with Crippen LogP contribution in [0.1, 0.15) is 26.3 Å². The Balaban J connectivity index is 2.25. The molecule has 0 heterocycles. The van der Waals surface area contributed by atoms with Gasteiger partial charge in [-0.3, -0.25) is 9.59 Å². The summed E-state index contributed by atoms with van der Waals surface area (Å²) in [5.74, 6) is -0.759. The van der Waals surface area contributed by atoms with E-state index in [-0.39, 0.29) is 5.91 Å². The molecule has 0 atom stereocenters. The van der Waals surface area contributed by atoms with Gasteiger partial charge in [-0.2, -0.15) is 0 Å². The molecular formula is C15H13BrN2O2.